The quantitative estimate of drug-likeness (QED) is 0.767. The van der Waals surface area contributed by atoms with Crippen molar-refractivity contribution in [2.45, 2.75) is 33.2 Å². The summed E-state index contributed by atoms with van der Waals surface area (Å²) in [6.07, 6.45) is 4.89. The summed E-state index contributed by atoms with van der Waals surface area (Å²) in [5.41, 5.74) is 1.77. The second-order valence-electron chi connectivity index (χ2n) is 4.55. The average Bonchev–Trinajstić information content (AvgIpc) is 2.84. The van der Waals surface area contributed by atoms with Crippen LogP contribution >= 0.6 is 0 Å². The average molecular weight is 275 g/mol. The molecule has 106 valence electrons. The fraction of sp³-hybridized carbons (Fsp3) is 0.462. The molecule has 2 heterocycles. The van der Waals surface area contributed by atoms with E-state index in [1.165, 1.54) is 0 Å². The van der Waals surface area contributed by atoms with Gasteiger partial charge in [0, 0.05) is 12.4 Å². The van der Waals surface area contributed by atoms with Gasteiger partial charge in [0.05, 0.1) is 30.7 Å². The summed E-state index contributed by atoms with van der Waals surface area (Å²) in [5, 5.41) is 7.98. The maximum Gasteiger partial charge on any atom is 0.360 e. The molecule has 0 spiro atoms. The summed E-state index contributed by atoms with van der Waals surface area (Å²) in [6.45, 7) is 6.46. The summed E-state index contributed by atoms with van der Waals surface area (Å²) in [7, 11) is 0. The Morgan fingerprint density at radius 2 is 2.20 bits per heavy atom. The van der Waals surface area contributed by atoms with Crippen LogP contribution in [0, 0.1) is 0 Å². The van der Waals surface area contributed by atoms with E-state index in [1.807, 2.05) is 13.8 Å². The third-order valence-corrected chi connectivity index (χ3v) is 2.72. The van der Waals surface area contributed by atoms with E-state index in [-0.39, 0.29) is 11.6 Å². The number of carbonyl (C=O) groups excluding carboxylic acids is 1. The van der Waals surface area contributed by atoms with E-state index in [1.54, 1.807) is 30.2 Å². The maximum absolute atomic E-state index is 11.9. The molecule has 2 rings (SSSR count). The Hall–Kier alpha value is -2.31. The smallest absolute Gasteiger partial charge is 0.360 e. The van der Waals surface area contributed by atoms with Crippen molar-refractivity contribution in [1.82, 2.24) is 25.0 Å². The Morgan fingerprint density at radius 3 is 2.80 bits per heavy atom. The fourth-order valence-corrected chi connectivity index (χ4v) is 1.92. The lowest BCUT2D eigenvalue weighted by Crippen LogP contribution is -2.13. The van der Waals surface area contributed by atoms with Crippen LogP contribution in [0.2, 0.25) is 0 Å². The highest BCUT2D eigenvalue weighted by Crippen LogP contribution is 2.19. The molecule has 0 bridgehead atoms. The van der Waals surface area contributed by atoms with Crippen molar-refractivity contribution >= 4 is 5.97 Å². The summed E-state index contributed by atoms with van der Waals surface area (Å²) >= 11 is 0. The molecule has 0 aliphatic carbocycles. The molecule has 0 saturated carbocycles. The van der Waals surface area contributed by atoms with Crippen LogP contribution in [0.1, 0.15) is 48.6 Å². The molecule has 0 aliphatic rings. The van der Waals surface area contributed by atoms with E-state index < -0.39 is 5.97 Å². The molecule has 0 saturated heterocycles. The first kappa shape index (κ1) is 14.1. The van der Waals surface area contributed by atoms with Gasteiger partial charge in [0.1, 0.15) is 0 Å². The van der Waals surface area contributed by atoms with Gasteiger partial charge in [-0.3, -0.25) is 9.97 Å². The van der Waals surface area contributed by atoms with Gasteiger partial charge in [-0.15, -0.1) is 5.10 Å². The van der Waals surface area contributed by atoms with E-state index in [0.29, 0.717) is 13.2 Å². The molecule has 0 radical (unpaired) electrons. The van der Waals surface area contributed by atoms with E-state index in [2.05, 4.69) is 20.3 Å². The lowest BCUT2D eigenvalue weighted by atomic mass is 10.1. The fourth-order valence-electron chi connectivity index (χ4n) is 1.92. The molecule has 2 aromatic heterocycles. The molecule has 2 aromatic rings. The third-order valence-electron chi connectivity index (χ3n) is 2.72. The van der Waals surface area contributed by atoms with Crippen molar-refractivity contribution < 1.29 is 9.53 Å². The van der Waals surface area contributed by atoms with Gasteiger partial charge < -0.3 is 4.74 Å². The zero-order valence-corrected chi connectivity index (χ0v) is 11.8. The predicted molar refractivity (Wildman–Crippen MR) is 71.2 cm³/mol. The molecule has 7 heteroatoms. The molecule has 0 aromatic carbocycles. The molecule has 0 aliphatic heterocycles. The third kappa shape index (κ3) is 2.98. The van der Waals surface area contributed by atoms with Crippen molar-refractivity contribution in [3.63, 3.8) is 0 Å². The van der Waals surface area contributed by atoms with Crippen LogP contribution in [0.25, 0.3) is 0 Å². The van der Waals surface area contributed by atoms with E-state index in [9.17, 15) is 4.79 Å². The van der Waals surface area contributed by atoms with Crippen molar-refractivity contribution in [2.24, 2.45) is 0 Å². The monoisotopic (exact) mass is 275 g/mol. The Kier molecular flexibility index (Phi) is 4.39. The van der Waals surface area contributed by atoms with Gasteiger partial charge >= 0.3 is 5.97 Å². The first-order chi connectivity index (χ1) is 9.63. The number of ether oxygens (including phenoxy) is 1. The number of hydrogen-bond acceptors (Lipinski definition) is 6. The van der Waals surface area contributed by atoms with Gasteiger partial charge in [0.25, 0.3) is 0 Å². The minimum atomic E-state index is -0.443. The highest BCUT2D eigenvalue weighted by molar-refractivity contribution is 5.88. The molecule has 0 fully saturated rings. The summed E-state index contributed by atoms with van der Waals surface area (Å²) in [6, 6.07) is 0. The molecular weight excluding hydrogens is 258 g/mol. The number of esters is 1. The van der Waals surface area contributed by atoms with Crippen LogP contribution in [0.3, 0.4) is 0 Å². The second kappa shape index (κ2) is 6.23. The van der Waals surface area contributed by atoms with Crippen LogP contribution in [-0.2, 0) is 11.3 Å². The standard InChI is InChI=1S/C13H17N5O2/c1-4-20-13(19)11-12(9(2)3)18(17-16-11)8-10-7-14-5-6-15-10/h5-7,9H,4,8H2,1-3H3. The van der Waals surface area contributed by atoms with Crippen molar-refractivity contribution in [2.75, 3.05) is 6.61 Å². The van der Waals surface area contributed by atoms with E-state index in [4.69, 9.17) is 4.74 Å². The van der Waals surface area contributed by atoms with Gasteiger partial charge in [0.2, 0.25) is 0 Å². The van der Waals surface area contributed by atoms with E-state index in [0.717, 1.165) is 11.4 Å². The first-order valence-electron chi connectivity index (χ1n) is 6.48. The summed E-state index contributed by atoms with van der Waals surface area (Å²) in [5.74, 6) is -0.345. The van der Waals surface area contributed by atoms with Gasteiger partial charge in [0.15, 0.2) is 5.69 Å². The van der Waals surface area contributed by atoms with Gasteiger partial charge in [-0.1, -0.05) is 19.1 Å². The molecule has 0 atom stereocenters. The number of aromatic nitrogens is 5. The normalized spacial score (nSPS) is 10.8. The molecule has 7 nitrogen and oxygen atoms in total. The maximum atomic E-state index is 11.9. The second-order valence-corrected chi connectivity index (χ2v) is 4.55. The Bertz CT molecular complexity index is 580. The lowest BCUT2D eigenvalue weighted by Gasteiger charge is -2.10. The summed E-state index contributed by atoms with van der Waals surface area (Å²) < 4.78 is 6.67. The number of nitrogens with zero attached hydrogens (tertiary/aromatic N) is 5. The Morgan fingerprint density at radius 1 is 1.40 bits per heavy atom. The van der Waals surface area contributed by atoms with Crippen molar-refractivity contribution in [3.8, 4) is 0 Å². The summed E-state index contributed by atoms with van der Waals surface area (Å²) in [4.78, 5) is 20.1. The minimum Gasteiger partial charge on any atom is -0.461 e. The largest absolute Gasteiger partial charge is 0.461 e. The zero-order chi connectivity index (χ0) is 14.5. The van der Waals surface area contributed by atoms with Crippen LogP contribution in [-0.4, -0.2) is 37.5 Å². The molecule has 0 amide bonds. The van der Waals surface area contributed by atoms with Crippen LogP contribution in [0.15, 0.2) is 18.6 Å². The number of carbonyl (C=O) groups is 1. The lowest BCUT2D eigenvalue weighted by molar-refractivity contribution is 0.0517. The van der Waals surface area contributed by atoms with Gasteiger partial charge in [-0.25, -0.2) is 9.48 Å². The van der Waals surface area contributed by atoms with Crippen molar-refractivity contribution in [3.05, 3.63) is 35.7 Å². The van der Waals surface area contributed by atoms with Crippen LogP contribution < -0.4 is 0 Å². The van der Waals surface area contributed by atoms with E-state index >= 15 is 0 Å². The Labute approximate surface area is 117 Å². The SMILES string of the molecule is CCOC(=O)c1nnn(Cc2cnccn2)c1C(C)C. The highest BCUT2D eigenvalue weighted by Gasteiger charge is 2.23. The zero-order valence-electron chi connectivity index (χ0n) is 11.8. The van der Waals surface area contributed by atoms with Crippen LogP contribution in [0.4, 0.5) is 0 Å². The minimum absolute atomic E-state index is 0.0982. The first-order valence-corrected chi connectivity index (χ1v) is 6.48. The topological polar surface area (TPSA) is 82.8 Å². The number of hydrogen-bond donors (Lipinski definition) is 0. The molecule has 0 unspecified atom stereocenters. The predicted octanol–water partition coefficient (Wildman–Crippen LogP) is 1.42. The highest BCUT2D eigenvalue weighted by atomic mass is 16.5. The number of rotatable bonds is 5. The van der Waals surface area contributed by atoms with Gasteiger partial charge in [-0.05, 0) is 12.8 Å². The molecular formula is C13H17N5O2. The van der Waals surface area contributed by atoms with Gasteiger partial charge in [-0.2, -0.15) is 0 Å². The molecule has 20 heavy (non-hydrogen) atoms. The van der Waals surface area contributed by atoms with Crippen molar-refractivity contribution in [1.29, 1.82) is 0 Å². The molecule has 0 N–H and O–H groups in total. The Balaban J connectivity index is 2.32. The van der Waals surface area contributed by atoms with Crippen LogP contribution in [0.5, 0.6) is 0 Å².